The highest BCUT2D eigenvalue weighted by atomic mass is 16.3. The van der Waals surface area contributed by atoms with Crippen molar-refractivity contribution in [1.82, 2.24) is 4.90 Å². The molecule has 0 aliphatic heterocycles. The van der Waals surface area contributed by atoms with Gasteiger partial charge in [0.15, 0.2) is 0 Å². The van der Waals surface area contributed by atoms with Crippen LogP contribution in [0.5, 0.6) is 0 Å². The van der Waals surface area contributed by atoms with E-state index in [1.165, 1.54) is 12.8 Å². The second kappa shape index (κ2) is 6.71. The molecule has 0 aromatic rings. The molecular formula is C15H28N2O2. The molecule has 2 fully saturated rings. The first-order valence-corrected chi connectivity index (χ1v) is 7.80. The van der Waals surface area contributed by atoms with E-state index in [-0.39, 0.29) is 24.5 Å². The number of carbonyl (C=O) groups is 1. The van der Waals surface area contributed by atoms with Gasteiger partial charge < -0.3 is 15.7 Å². The molecule has 3 N–H and O–H groups in total. The largest absolute Gasteiger partial charge is 0.395 e. The van der Waals surface area contributed by atoms with Crippen LogP contribution in [0.4, 0.5) is 0 Å². The molecule has 3 atom stereocenters. The van der Waals surface area contributed by atoms with Crippen molar-refractivity contribution in [3.63, 3.8) is 0 Å². The highest BCUT2D eigenvalue weighted by Crippen LogP contribution is 2.33. The van der Waals surface area contributed by atoms with Crippen LogP contribution in [-0.4, -0.2) is 41.1 Å². The molecule has 0 spiro atoms. The highest BCUT2D eigenvalue weighted by Gasteiger charge is 2.36. The maximum Gasteiger partial charge on any atom is 0.226 e. The number of hydrogen-bond acceptors (Lipinski definition) is 3. The van der Waals surface area contributed by atoms with E-state index in [2.05, 4.69) is 6.92 Å². The molecule has 2 aliphatic carbocycles. The van der Waals surface area contributed by atoms with Crippen molar-refractivity contribution >= 4 is 5.91 Å². The van der Waals surface area contributed by atoms with Gasteiger partial charge in [-0.3, -0.25) is 4.79 Å². The monoisotopic (exact) mass is 268 g/mol. The lowest BCUT2D eigenvalue weighted by atomic mass is 9.77. The van der Waals surface area contributed by atoms with Gasteiger partial charge >= 0.3 is 0 Å². The van der Waals surface area contributed by atoms with E-state index in [4.69, 9.17) is 5.73 Å². The molecule has 0 bridgehead atoms. The fraction of sp³-hybridized carbons (Fsp3) is 0.933. The Morgan fingerprint density at radius 1 is 1.26 bits per heavy atom. The quantitative estimate of drug-likeness (QED) is 0.812. The first kappa shape index (κ1) is 14.8. The van der Waals surface area contributed by atoms with Gasteiger partial charge in [-0.25, -0.2) is 0 Å². The topological polar surface area (TPSA) is 66.6 Å². The summed E-state index contributed by atoms with van der Waals surface area (Å²) >= 11 is 0. The van der Waals surface area contributed by atoms with Crippen LogP contribution in [0, 0.1) is 11.8 Å². The van der Waals surface area contributed by atoms with Crippen molar-refractivity contribution in [2.75, 3.05) is 13.2 Å². The van der Waals surface area contributed by atoms with Gasteiger partial charge in [0.2, 0.25) is 5.91 Å². The van der Waals surface area contributed by atoms with Gasteiger partial charge in [0, 0.05) is 24.5 Å². The summed E-state index contributed by atoms with van der Waals surface area (Å²) in [5.74, 6) is 0.731. The summed E-state index contributed by atoms with van der Waals surface area (Å²) < 4.78 is 0. The molecule has 0 aromatic carbocycles. The first-order valence-electron chi connectivity index (χ1n) is 7.80. The number of rotatable bonds is 4. The van der Waals surface area contributed by atoms with Crippen molar-refractivity contribution < 1.29 is 9.90 Å². The Labute approximate surface area is 116 Å². The summed E-state index contributed by atoms with van der Waals surface area (Å²) in [6.07, 6.45) is 7.51. The van der Waals surface area contributed by atoms with Crippen molar-refractivity contribution in [3.8, 4) is 0 Å². The second-order valence-electron chi connectivity index (χ2n) is 6.35. The maximum atomic E-state index is 12.8. The van der Waals surface area contributed by atoms with Crippen molar-refractivity contribution in [2.45, 2.75) is 64.0 Å². The molecule has 4 nitrogen and oxygen atoms in total. The molecule has 19 heavy (non-hydrogen) atoms. The summed E-state index contributed by atoms with van der Waals surface area (Å²) in [7, 11) is 0. The van der Waals surface area contributed by atoms with Crippen LogP contribution >= 0.6 is 0 Å². The maximum absolute atomic E-state index is 12.8. The number of aliphatic hydroxyl groups excluding tert-OH is 1. The summed E-state index contributed by atoms with van der Waals surface area (Å²) in [5.41, 5.74) is 6.03. The predicted octanol–water partition coefficient (Wildman–Crippen LogP) is 1.51. The third-order valence-electron chi connectivity index (χ3n) is 4.94. The average Bonchev–Trinajstić information content (AvgIpc) is 2.92. The van der Waals surface area contributed by atoms with Crippen LogP contribution in [0.1, 0.15) is 51.9 Å². The van der Waals surface area contributed by atoms with Gasteiger partial charge in [0.1, 0.15) is 0 Å². The minimum atomic E-state index is 0.0649. The smallest absolute Gasteiger partial charge is 0.226 e. The Bertz CT molecular complexity index is 303. The Balaban J connectivity index is 2.04. The van der Waals surface area contributed by atoms with Crippen LogP contribution in [0.15, 0.2) is 0 Å². The molecule has 2 aliphatic rings. The minimum absolute atomic E-state index is 0.0649. The second-order valence-corrected chi connectivity index (χ2v) is 6.35. The number of nitrogens with two attached hydrogens (primary N) is 1. The zero-order chi connectivity index (χ0) is 13.8. The molecule has 3 unspecified atom stereocenters. The van der Waals surface area contributed by atoms with Crippen LogP contribution in [0.2, 0.25) is 0 Å². The Morgan fingerprint density at radius 3 is 2.58 bits per heavy atom. The molecule has 0 radical (unpaired) electrons. The van der Waals surface area contributed by atoms with E-state index in [1.54, 1.807) is 0 Å². The van der Waals surface area contributed by atoms with E-state index in [9.17, 15) is 9.90 Å². The average molecular weight is 268 g/mol. The number of amides is 1. The molecule has 1 amide bonds. The Morgan fingerprint density at radius 2 is 1.95 bits per heavy atom. The molecule has 2 saturated carbocycles. The number of aliphatic hydroxyl groups is 1. The Kier molecular flexibility index (Phi) is 5.22. The molecule has 0 saturated heterocycles. The molecule has 0 aromatic heterocycles. The van der Waals surface area contributed by atoms with Crippen LogP contribution in [0.3, 0.4) is 0 Å². The zero-order valence-electron chi connectivity index (χ0n) is 12.1. The lowest BCUT2D eigenvalue weighted by molar-refractivity contribution is -0.141. The summed E-state index contributed by atoms with van der Waals surface area (Å²) in [6, 6.07) is 0.523. The van der Waals surface area contributed by atoms with Gasteiger partial charge in [-0.2, -0.15) is 0 Å². The third-order valence-corrected chi connectivity index (χ3v) is 4.94. The van der Waals surface area contributed by atoms with Crippen molar-refractivity contribution in [2.24, 2.45) is 17.6 Å². The normalized spacial score (nSPS) is 32.5. The van der Waals surface area contributed by atoms with Gasteiger partial charge in [0.25, 0.3) is 0 Å². The fourth-order valence-corrected chi connectivity index (χ4v) is 3.71. The number of hydrogen-bond donors (Lipinski definition) is 2. The molecule has 4 heteroatoms. The standard InChI is InChI=1S/C15H28N2O2/c1-11-6-7-12(16)10-14(11)15(19)17(8-9-18)13-4-2-3-5-13/h11-14,18H,2-10,16H2,1H3. The van der Waals surface area contributed by atoms with Crippen molar-refractivity contribution in [3.05, 3.63) is 0 Å². The van der Waals surface area contributed by atoms with E-state index < -0.39 is 0 Å². The highest BCUT2D eigenvalue weighted by molar-refractivity contribution is 5.79. The molecular weight excluding hydrogens is 240 g/mol. The fourth-order valence-electron chi connectivity index (χ4n) is 3.71. The minimum Gasteiger partial charge on any atom is -0.395 e. The van der Waals surface area contributed by atoms with Crippen LogP contribution in [-0.2, 0) is 4.79 Å². The van der Waals surface area contributed by atoms with Crippen LogP contribution < -0.4 is 5.73 Å². The molecule has 0 heterocycles. The first-order chi connectivity index (χ1) is 9.13. The van der Waals surface area contributed by atoms with Gasteiger partial charge in [-0.15, -0.1) is 0 Å². The SMILES string of the molecule is CC1CCC(N)CC1C(=O)N(CCO)C1CCCC1. The Hall–Kier alpha value is -0.610. The van der Waals surface area contributed by atoms with E-state index in [1.807, 2.05) is 4.90 Å². The zero-order valence-corrected chi connectivity index (χ0v) is 12.1. The third kappa shape index (κ3) is 3.48. The van der Waals surface area contributed by atoms with Crippen molar-refractivity contribution in [1.29, 1.82) is 0 Å². The van der Waals surface area contributed by atoms with E-state index >= 15 is 0 Å². The van der Waals surface area contributed by atoms with Gasteiger partial charge in [-0.05, 0) is 38.0 Å². The summed E-state index contributed by atoms with van der Waals surface area (Å²) in [4.78, 5) is 14.7. The number of nitrogens with zero attached hydrogens (tertiary/aromatic N) is 1. The van der Waals surface area contributed by atoms with Crippen LogP contribution in [0.25, 0.3) is 0 Å². The number of carbonyl (C=O) groups excluding carboxylic acids is 1. The van der Waals surface area contributed by atoms with Gasteiger partial charge in [0.05, 0.1) is 6.61 Å². The lowest BCUT2D eigenvalue weighted by Crippen LogP contribution is -2.48. The van der Waals surface area contributed by atoms with Gasteiger partial charge in [-0.1, -0.05) is 19.8 Å². The molecule has 2 rings (SSSR count). The summed E-state index contributed by atoms with van der Waals surface area (Å²) in [5, 5.41) is 9.24. The summed E-state index contributed by atoms with van der Waals surface area (Å²) in [6.45, 7) is 2.72. The lowest BCUT2D eigenvalue weighted by Gasteiger charge is -2.37. The van der Waals surface area contributed by atoms with E-state index in [0.29, 0.717) is 18.5 Å². The van der Waals surface area contributed by atoms with E-state index in [0.717, 1.165) is 32.1 Å². The predicted molar refractivity (Wildman–Crippen MR) is 75.5 cm³/mol. The molecule has 110 valence electrons.